The van der Waals surface area contributed by atoms with Crippen LogP contribution in [-0.2, 0) is 0 Å². The summed E-state index contributed by atoms with van der Waals surface area (Å²) in [7, 11) is 0. The van der Waals surface area contributed by atoms with Crippen LogP contribution in [0.5, 0.6) is 0 Å². The number of rotatable bonds is 2. The molecule has 70 valence electrons. The van der Waals surface area contributed by atoms with Crippen LogP contribution >= 0.6 is 0 Å². The molecule has 0 spiro atoms. The molecule has 1 atom stereocenters. The van der Waals surface area contributed by atoms with Gasteiger partial charge in [-0.05, 0) is 19.4 Å². The number of nitrogens with two attached hydrogens (primary N) is 1. The van der Waals surface area contributed by atoms with Gasteiger partial charge in [0, 0.05) is 11.6 Å². The van der Waals surface area contributed by atoms with E-state index < -0.39 is 0 Å². The zero-order chi connectivity index (χ0) is 9.84. The lowest BCUT2D eigenvalue weighted by molar-refractivity contribution is 0.615. The van der Waals surface area contributed by atoms with E-state index in [-0.39, 0.29) is 11.9 Å². The Morgan fingerprint density at radius 1 is 1.46 bits per heavy atom. The molecule has 0 aliphatic rings. The molecule has 1 aromatic carbocycles. The molecule has 0 amide bonds. The Balaban J connectivity index is 2.95. The molecule has 0 aliphatic carbocycles. The highest BCUT2D eigenvalue weighted by molar-refractivity contribution is 5.51. The molecule has 2 heteroatoms. The molecule has 0 saturated carbocycles. The molecule has 0 saturated heterocycles. The average molecular weight is 179 g/mol. The van der Waals surface area contributed by atoms with Crippen LogP contribution in [-0.4, -0.2) is 6.04 Å². The Hall–Kier alpha value is -1.15. The molecule has 1 nitrogen and oxygen atoms in total. The highest BCUT2D eigenvalue weighted by Crippen LogP contribution is 2.13. The molecule has 13 heavy (non-hydrogen) atoms. The molecule has 1 rings (SSSR count). The molecular weight excluding hydrogens is 165 g/mol. The lowest BCUT2D eigenvalue weighted by atomic mass is 10.1. The van der Waals surface area contributed by atoms with E-state index >= 15 is 0 Å². The van der Waals surface area contributed by atoms with Gasteiger partial charge in [-0.2, -0.15) is 0 Å². The zero-order valence-electron chi connectivity index (χ0n) is 7.92. The highest BCUT2D eigenvalue weighted by atomic mass is 19.1. The summed E-state index contributed by atoms with van der Waals surface area (Å²) in [5, 5.41) is 0. The second-order valence-electron chi connectivity index (χ2n) is 3.20. The van der Waals surface area contributed by atoms with E-state index in [4.69, 9.17) is 5.73 Å². The van der Waals surface area contributed by atoms with Crippen molar-refractivity contribution in [1.82, 2.24) is 0 Å². The van der Waals surface area contributed by atoms with E-state index in [1.807, 2.05) is 13.0 Å². The summed E-state index contributed by atoms with van der Waals surface area (Å²) in [4.78, 5) is 0. The van der Waals surface area contributed by atoms with Crippen LogP contribution in [0.15, 0.2) is 24.3 Å². The lowest BCUT2D eigenvalue weighted by Gasteiger charge is -2.00. The number of aryl methyl sites for hydroxylation is 1. The standard InChI is InChI=1S/C11H14FN/c1-8-4-3-5-10(11(8)12)7-6-9(2)13/h3-7,9H,13H2,1-2H3/b7-6+. The lowest BCUT2D eigenvalue weighted by Crippen LogP contribution is -2.10. The Bertz CT molecular complexity index is 316. The van der Waals surface area contributed by atoms with Gasteiger partial charge in [-0.1, -0.05) is 30.4 Å². The second-order valence-corrected chi connectivity index (χ2v) is 3.20. The fourth-order valence-electron chi connectivity index (χ4n) is 1.05. The second kappa shape index (κ2) is 4.19. The summed E-state index contributed by atoms with van der Waals surface area (Å²) in [6.07, 6.45) is 3.49. The van der Waals surface area contributed by atoms with E-state index in [0.29, 0.717) is 11.1 Å². The van der Waals surface area contributed by atoms with Crippen molar-refractivity contribution in [2.45, 2.75) is 19.9 Å². The molecule has 0 heterocycles. The van der Waals surface area contributed by atoms with Crippen LogP contribution in [0.4, 0.5) is 4.39 Å². The van der Waals surface area contributed by atoms with Crippen molar-refractivity contribution in [3.05, 3.63) is 41.2 Å². The van der Waals surface area contributed by atoms with Crippen molar-refractivity contribution in [3.8, 4) is 0 Å². The predicted octanol–water partition coefficient (Wildman–Crippen LogP) is 2.49. The largest absolute Gasteiger partial charge is 0.325 e. The minimum atomic E-state index is -0.167. The SMILES string of the molecule is Cc1cccc(/C=C/C(C)N)c1F. The van der Waals surface area contributed by atoms with Crippen molar-refractivity contribution in [2.75, 3.05) is 0 Å². The van der Waals surface area contributed by atoms with E-state index in [1.165, 1.54) is 0 Å². The van der Waals surface area contributed by atoms with Crippen LogP contribution in [0, 0.1) is 12.7 Å². The predicted molar refractivity (Wildman–Crippen MR) is 53.8 cm³/mol. The molecule has 0 fully saturated rings. The molecule has 0 aromatic heterocycles. The zero-order valence-corrected chi connectivity index (χ0v) is 7.92. The number of benzene rings is 1. The summed E-state index contributed by atoms with van der Waals surface area (Å²) >= 11 is 0. The molecule has 0 radical (unpaired) electrons. The smallest absolute Gasteiger partial charge is 0.133 e. The normalized spacial score (nSPS) is 13.5. The first kappa shape index (κ1) is 9.93. The average Bonchev–Trinajstić information content (AvgIpc) is 2.07. The van der Waals surface area contributed by atoms with E-state index in [0.717, 1.165) is 0 Å². The summed E-state index contributed by atoms with van der Waals surface area (Å²) in [5.41, 5.74) is 6.77. The Morgan fingerprint density at radius 3 is 2.77 bits per heavy atom. The van der Waals surface area contributed by atoms with E-state index in [2.05, 4.69) is 0 Å². The molecular formula is C11H14FN. The monoisotopic (exact) mass is 179 g/mol. The van der Waals surface area contributed by atoms with Gasteiger partial charge in [0.1, 0.15) is 5.82 Å². The highest BCUT2D eigenvalue weighted by Gasteiger charge is 2.00. The Morgan fingerprint density at radius 2 is 2.15 bits per heavy atom. The maximum Gasteiger partial charge on any atom is 0.133 e. The topological polar surface area (TPSA) is 26.0 Å². The third-order valence-electron chi connectivity index (χ3n) is 1.80. The summed E-state index contributed by atoms with van der Waals surface area (Å²) < 4.78 is 13.4. The van der Waals surface area contributed by atoms with Crippen LogP contribution in [0.3, 0.4) is 0 Å². The Kier molecular flexibility index (Phi) is 3.20. The molecule has 0 bridgehead atoms. The van der Waals surface area contributed by atoms with Gasteiger partial charge in [-0.15, -0.1) is 0 Å². The van der Waals surface area contributed by atoms with Crippen molar-refractivity contribution in [3.63, 3.8) is 0 Å². The van der Waals surface area contributed by atoms with Crippen molar-refractivity contribution >= 4 is 6.08 Å². The van der Waals surface area contributed by atoms with Crippen molar-refractivity contribution in [2.24, 2.45) is 5.73 Å². The maximum atomic E-state index is 13.4. The quantitative estimate of drug-likeness (QED) is 0.741. The summed E-state index contributed by atoms with van der Waals surface area (Å²) in [5.74, 6) is -0.167. The van der Waals surface area contributed by atoms with Crippen LogP contribution in [0.1, 0.15) is 18.1 Å². The fraction of sp³-hybridized carbons (Fsp3) is 0.273. The van der Waals surface area contributed by atoms with Crippen molar-refractivity contribution < 1.29 is 4.39 Å². The Labute approximate surface area is 78.1 Å². The molecule has 1 unspecified atom stereocenters. The van der Waals surface area contributed by atoms with Crippen LogP contribution in [0.2, 0.25) is 0 Å². The minimum Gasteiger partial charge on any atom is -0.325 e. The van der Waals surface area contributed by atoms with Gasteiger partial charge < -0.3 is 5.73 Å². The number of hydrogen-bond acceptors (Lipinski definition) is 1. The van der Waals surface area contributed by atoms with E-state index in [1.54, 1.807) is 31.2 Å². The summed E-state index contributed by atoms with van der Waals surface area (Å²) in [6.45, 7) is 3.60. The van der Waals surface area contributed by atoms with Gasteiger partial charge >= 0.3 is 0 Å². The molecule has 0 aliphatic heterocycles. The van der Waals surface area contributed by atoms with Crippen molar-refractivity contribution in [1.29, 1.82) is 0 Å². The van der Waals surface area contributed by atoms with Gasteiger partial charge in [0.2, 0.25) is 0 Å². The minimum absolute atomic E-state index is 0.0417. The third kappa shape index (κ3) is 2.67. The first-order valence-electron chi connectivity index (χ1n) is 4.30. The molecule has 2 N–H and O–H groups in total. The van der Waals surface area contributed by atoms with Gasteiger partial charge in [0.15, 0.2) is 0 Å². The maximum absolute atomic E-state index is 13.4. The summed E-state index contributed by atoms with van der Waals surface area (Å²) in [6, 6.07) is 5.28. The van der Waals surface area contributed by atoms with Gasteiger partial charge in [-0.3, -0.25) is 0 Å². The van der Waals surface area contributed by atoms with Crippen LogP contribution in [0.25, 0.3) is 6.08 Å². The first-order chi connectivity index (χ1) is 6.11. The fourth-order valence-corrected chi connectivity index (χ4v) is 1.05. The number of halogens is 1. The third-order valence-corrected chi connectivity index (χ3v) is 1.80. The number of hydrogen-bond donors (Lipinski definition) is 1. The van der Waals surface area contributed by atoms with Gasteiger partial charge in [-0.25, -0.2) is 4.39 Å². The van der Waals surface area contributed by atoms with Gasteiger partial charge in [0.25, 0.3) is 0 Å². The van der Waals surface area contributed by atoms with Gasteiger partial charge in [0.05, 0.1) is 0 Å². The van der Waals surface area contributed by atoms with E-state index in [9.17, 15) is 4.39 Å². The molecule has 1 aromatic rings. The first-order valence-corrected chi connectivity index (χ1v) is 4.30. The van der Waals surface area contributed by atoms with Crippen LogP contribution < -0.4 is 5.73 Å².